The zero-order valence-electron chi connectivity index (χ0n) is 9.69. The molecule has 2 amide bonds. The highest BCUT2D eigenvalue weighted by molar-refractivity contribution is 9.10. The Labute approximate surface area is 122 Å². The van der Waals surface area contributed by atoms with Crippen LogP contribution in [-0.4, -0.2) is 34.9 Å². The van der Waals surface area contributed by atoms with Gasteiger partial charge in [-0.15, -0.1) is 0 Å². The summed E-state index contributed by atoms with van der Waals surface area (Å²) in [6, 6.07) is 2.97. The fraction of sp³-hybridized carbons (Fsp3) is 0.273. The topological polar surface area (TPSA) is 98.7 Å². The number of aliphatic carboxylic acids is 1. The normalized spacial score (nSPS) is 11.7. The van der Waals surface area contributed by atoms with Gasteiger partial charge in [0.15, 0.2) is 0 Å². The maximum Gasteiger partial charge on any atom is 0.326 e. The van der Waals surface area contributed by atoms with Gasteiger partial charge in [-0.05, 0) is 34.1 Å². The number of nitrogens with one attached hydrogen (secondary N) is 2. The van der Waals surface area contributed by atoms with E-state index in [9.17, 15) is 9.59 Å². The largest absolute Gasteiger partial charge is 0.480 e. The lowest BCUT2D eigenvalue weighted by atomic mass is 10.2. The van der Waals surface area contributed by atoms with Gasteiger partial charge in [0.1, 0.15) is 6.04 Å². The number of hydrogen-bond donors (Lipinski definition) is 4. The van der Waals surface area contributed by atoms with E-state index in [1.54, 1.807) is 12.1 Å². The van der Waals surface area contributed by atoms with Crippen LogP contribution in [0.3, 0.4) is 0 Å². The Morgan fingerprint density at radius 1 is 1.42 bits per heavy atom. The number of amides is 2. The van der Waals surface area contributed by atoms with Gasteiger partial charge in [-0.2, -0.15) is 0 Å². The van der Waals surface area contributed by atoms with E-state index < -0.39 is 18.0 Å². The first-order valence-corrected chi connectivity index (χ1v) is 6.47. The van der Waals surface area contributed by atoms with Crippen molar-refractivity contribution in [3.63, 3.8) is 0 Å². The Morgan fingerprint density at radius 3 is 2.68 bits per heavy atom. The van der Waals surface area contributed by atoms with Crippen molar-refractivity contribution in [2.45, 2.75) is 12.5 Å². The van der Waals surface area contributed by atoms with Crippen molar-refractivity contribution in [2.24, 2.45) is 0 Å². The van der Waals surface area contributed by atoms with Crippen molar-refractivity contribution in [2.75, 3.05) is 11.9 Å². The molecule has 0 radical (unpaired) electrons. The molecule has 0 saturated carbocycles. The van der Waals surface area contributed by atoms with Gasteiger partial charge in [0.2, 0.25) is 0 Å². The highest BCUT2D eigenvalue weighted by Gasteiger charge is 2.19. The summed E-state index contributed by atoms with van der Waals surface area (Å²) in [5.74, 6) is -1.21. The van der Waals surface area contributed by atoms with E-state index in [2.05, 4.69) is 26.6 Å². The third kappa shape index (κ3) is 5.06. The average molecular weight is 352 g/mol. The summed E-state index contributed by atoms with van der Waals surface area (Å²) < 4.78 is 0.612. The van der Waals surface area contributed by atoms with Crippen LogP contribution in [0.5, 0.6) is 0 Å². The first kappa shape index (κ1) is 15.7. The van der Waals surface area contributed by atoms with Crippen LogP contribution in [0.4, 0.5) is 10.5 Å². The second-order valence-corrected chi connectivity index (χ2v) is 4.92. The summed E-state index contributed by atoms with van der Waals surface area (Å²) in [5, 5.41) is 22.7. The number of aliphatic hydroxyl groups is 1. The Morgan fingerprint density at radius 2 is 2.11 bits per heavy atom. The van der Waals surface area contributed by atoms with Crippen molar-refractivity contribution in [3.05, 3.63) is 27.7 Å². The number of benzene rings is 1. The molecule has 4 N–H and O–H groups in total. The lowest BCUT2D eigenvalue weighted by molar-refractivity contribution is -0.139. The molecular weight excluding hydrogens is 339 g/mol. The highest BCUT2D eigenvalue weighted by atomic mass is 79.9. The molecule has 0 bridgehead atoms. The zero-order valence-corrected chi connectivity index (χ0v) is 12.0. The molecule has 1 aromatic carbocycles. The molecule has 1 atom stereocenters. The van der Waals surface area contributed by atoms with Crippen LogP contribution in [0.1, 0.15) is 6.42 Å². The minimum atomic E-state index is -1.21. The van der Waals surface area contributed by atoms with Crippen molar-refractivity contribution in [3.8, 4) is 0 Å². The summed E-state index contributed by atoms with van der Waals surface area (Å²) in [7, 11) is 0. The number of carbonyl (C=O) groups excluding carboxylic acids is 1. The van der Waals surface area contributed by atoms with Crippen molar-refractivity contribution in [1.82, 2.24) is 5.32 Å². The maximum absolute atomic E-state index is 11.6. The van der Waals surface area contributed by atoms with Crippen molar-refractivity contribution in [1.29, 1.82) is 0 Å². The van der Waals surface area contributed by atoms with Gasteiger partial charge in [0.25, 0.3) is 0 Å². The minimum absolute atomic E-state index is 0.0700. The van der Waals surface area contributed by atoms with Gasteiger partial charge < -0.3 is 20.8 Å². The molecule has 1 rings (SSSR count). The van der Waals surface area contributed by atoms with E-state index in [0.29, 0.717) is 15.2 Å². The first-order valence-electron chi connectivity index (χ1n) is 5.30. The predicted molar refractivity (Wildman–Crippen MR) is 74.4 cm³/mol. The molecule has 6 nitrogen and oxygen atoms in total. The Hall–Kier alpha value is -1.31. The molecule has 19 heavy (non-hydrogen) atoms. The highest BCUT2D eigenvalue weighted by Crippen LogP contribution is 2.25. The van der Waals surface area contributed by atoms with Gasteiger partial charge in [-0.1, -0.05) is 11.6 Å². The number of anilines is 1. The molecule has 104 valence electrons. The number of hydrogen-bond acceptors (Lipinski definition) is 3. The molecule has 0 fully saturated rings. The molecule has 0 saturated heterocycles. The van der Waals surface area contributed by atoms with Gasteiger partial charge >= 0.3 is 12.0 Å². The van der Waals surface area contributed by atoms with E-state index in [-0.39, 0.29) is 13.0 Å². The molecule has 8 heteroatoms. The standard InChI is InChI=1S/C11H12BrClN2O4/c12-7-2-1-6(13)5-9(7)15-11(19)14-8(3-4-16)10(17)18/h1-2,5,8,16H,3-4H2,(H,17,18)(H2,14,15,19)/t8-/m1/s1. The monoisotopic (exact) mass is 350 g/mol. The zero-order chi connectivity index (χ0) is 14.4. The van der Waals surface area contributed by atoms with E-state index in [0.717, 1.165) is 0 Å². The van der Waals surface area contributed by atoms with E-state index in [4.69, 9.17) is 21.8 Å². The Bertz CT molecular complexity index is 484. The van der Waals surface area contributed by atoms with Gasteiger partial charge in [0.05, 0.1) is 5.69 Å². The SMILES string of the molecule is O=C(Nc1cc(Cl)ccc1Br)N[C@H](CCO)C(=O)O. The minimum Gasteiger partial charge on any atom is -0.480 e. The number of carbonyl (C=O) groups is 2. The third-order valence-corrected chi connectivity index (χ3v) is 3.12. The Kier molecular flexibility index (Phi) is 6.07. The first-order chi connectivity index (χ1) is 8.93. The molecule has 0 aliphatic carbocycles. The molecule has 0 heterocycles. The van der Waals surface area contributed by atoms with Crippen LogP contribution in [0, 0.1) is 0 Å². The molecule has 1 aromatic rings. The molecule has 0 aliphatic heterocycles. The molecule has 0 aromatic heterocycles. The van der Waals surface area contributed by atoms with Crippen molar-refractivity contribution < 1.29 is 19.8 Å². The summed E-state index contributed by atoms with van der Waals surface area (Å²) in [4.78, 5) is 22.4. The van der Waals surface area contributed by atoms with Crippen LogP contribution in [0.2, 0.25) is 5.02 Å². The summed E-state index contributed by atoms with van der Waals surface area (Å²) in [5.41, 5.74) is 0.415. The third-order valence-electron chi connectivity index (χ3n) is 2.20. The number of carboxylic acids is 1. The second kappa shape index (κ2) is 7.32. The van der Waals surface area contributed by atoms with Crippen LogP contribution in [0.25, 0.3) is 0 Å². The van der Waals surface area contributed by atoms with E-state index >= 15 is 0 Å². The van der Waals surface area contributed by atoms with Crippen LogP contribution in [0.15, 0.2) is 22.7 Å². The summed E-state index contributed by atoms with van der Waals surface area (Å²) in [6.45, 7) is -0.335. The predicted octanol–water partition coefficient (Wildman–Crippen LogP) is 2.06. The molecule has 0 aliphatic rings. The molecule has 0 spiro atoms. The van der Waals surface area contributed by atoms with Gasteiger partial charge in [-0.3, -0.25) is 0 Å². The van der Waals surface area contributed by atoms with Crippen molar-refractivity contribution >= 4 is 45.2 Å². The average Bonchev–Trinajstić information content (AvgIpc) is 2.33. The lowest BCUT2D eigenvalue weighted by Crippen LogP contribution is -2.43. The van der Waals surface area contributed by atoms with Gasteiger partial charge in [0, 0.05) is 22.5 Å². The number of urea groups is 1. The van der Waals surface area contributed by atoms with E-state index in [1.807, 2.05) is 0 Å². The maximum atomic E-state index is 11.6. The quantitative estimate of drug-likeness (QED) is 0.652. The van der Waals surface area contributed by atoms with Gasteiger partial charge in [-0.25, -0.2) is 9.59 Å². The molecular formula is C11H12BrClN2O4. The molecule has 0 unspecified atom stereocenters. The Balaban J connectivity index is 2.68. The van der Waals surface area contributed by atoms with Crippen LogP contribution >= 0.6 is 27.5 Å². The number of carboxylic acid groups (broad SMARTS) is 1. The summed E-state index contributed by atoms with van der Waals surface area (Å²) >= 11 is 9.01. The van der Waals surface area contributed by atoms with Crippen LogP contribution in [-0.2, 0) is 4.79 Å². The summed E-state index contributed by atoms with van der Waals surface area (Å²) in [6.07, 6.45) is -0.0700. The number of halogens is 2. The second-order valence-electron chi connectivity index (χ2n) is 3.63. The number of rotatable bonds is 5. The lowest BCUT2D eigenvalue weighted by Gasteiger charge is -2.14. The smallest absolute Gasteiger partial charge is 0.326 e. The van der Waals surface area contributed by atoms with Crippen LogP contribution < -0.4 is 10.6 Å². The number of aliphatic hydroxyl groups excluding tert-OH is 1. The van der Waals surface area contributed by atoms with E-state index in [1.165, 1.54) is 6.07 Å². The fourth-order valence-electron chi connectivity index (χ4n) is 1.30. The fourth-order valence-corrected chi connectivity index (χ4v) is 1.81.